The minimum absolute atomic E-state index is 0.201. The van der Waals surface area contributed by atoms with Crippen LogP contribution in [0.2, 0.25) is 0 Å². The summed E-state index contributed by atoms with van der Waals surface area (Å²) >= 11 is 0. The lowest BCUT2D eigenvalue weighted by Gasteiger charge is -2.58. The summed E-state index contributed by atoms with van der Waals surface area (Å²) in [4.78, 5) is 24.2. The zero-order chi connectivity index (χ0) is 19.5. The first kappa shape index (κ1) is 20.2. The summed E-state index contributed by atoms with van der Waals surface area (Å²) < 4.78 is 11.2. The van der Waals surface area contributed by atoms with E-state index in [9.17, 15) is 14.7 Å². The van der Waals surface area contributed by atoms with Gasteiger partial charge in [0.2, 0.25) is 0 Å². The van der Waals surface area contributed by atoms with Crippen LogP contribution in [0.4, 0.5) is 0 Å². The molecule has 0 aromatic heterocycles. The smallest absolute Gasteiger partial charge is 0.330 e. The summed E-state index contributed by atoms with van der Waals surface area (Å²) in [6, 6.07) is 7.55. The van der Waals surface area contributed by atoms with E-state index in [1.807, 2.05) is 25.1 Å². The van der Waals surface area contributed by atoms with Gasteiger partial charge in [-0.1, -0.05) is 39.8 Å². The van der Waals surface area contributed by atoms with Crippen LogP contribution >= 0.6 is 0 Å². The Morgan fingerprint density at radius 1 is 1.35 bits per heavy atom. The molecule has 2 N–H and O–H groups in total. The maximum atomic E-state index is 12.4. The van der Waals surface area contributed by atoms with E-state index < -0.39 is 22.8 Å². The Labute approximate surface area is 154 Å². The molecule has 0 aliphatic heterocycles. The summed E-state index contributed by atoms with van der Waals surface area (Å²) in [7, 11) is 0. The number of amides is 1. The van der Waals surface area contributed by atoms with Crippen LogP contribution in [0.3, 0.4) is 0 Å². The van der Waals surface area contributed by atoms with Crippen LogP contribution in [-0.2, 0) is 14.3 Å². The number of carboxylic acid groups (broad SMARTS) is 1. The Hall–Kier alpha value is -2.08. The summed E-state index contributed by atoms with van der Waals surface area (Å²) in [6.45, 7) is 9.91. The van der Waals surface area contributed by atoms with Gasteiger partial charge in [0.15, 0.2) is 6.61 Å². The Morgan fingerprint density at radius 3 is 2.58 bits per heavy atom. The number of hydrogen-bond donors (Lipinski definition) is 2. The normalized spacial score (nSPS) is 24.0. The molecule has 6 nitrogen and oxygen atoms in total. The number of benzene rings is 1. The highest BCUT2D eigenvalue weighted by atomic mass is 16.5. The van der Waals surface area contributed by atoms with E-state index in [4.69, 9.17) is 9.47 Å². The molecule has 1 aromatic carbocycles. The molecule has 144 valence electrons. The van der Waals surface area contributed by atoms with Gasteiger partial charge in [-0.2, -0.15) is 0 Å². The Kier molecular flexibility index (Phi) is 5.96. The van der Waals surface area contributed by atoms with Gasteiger partial charge < -0.3 is 19.9 Å². The van der Waals surface area contributed by atoms with Crippen molar-refractivity contribution in [1.82, 2.24) is 5.32 Å². The fourth-order valence-electron chi connectivity index (χ4n) is 3.42. The summed E-state index contributed by atoms with van der Waals surface area (Å²) in [5.41, 5.74) is -0.931. The van der Waals surface area contributed by atoms with Crippen molar-refractivity contribution in [3.05, 3.63) is 29.8 Å². The number of nitrogens with one attached hydrogen (secondary N) is 1. The molecule has 1 saturated carbocycles. The monoisotopic (exact) mass is 363 g/mol. The minimum Gasteiger partial charge on any atom is -0.484 e. The molecule has 0 radical (unpaired) electrons. The third-order valence-electron chi connectivity index (χ3n) is 5.38. The Morgan fingerprint density at radius 2 is 2.04 bits per heavy atom. The van der Waals surface area contributed by atoms with Gasteiger partial charge in [-0.15, -0.1) is 0 Å². The lowest BCUT2D eigenvalue weighted by atomic mass is 9.54. The minimum atomic E-state index is -1.34. The van der Waals surface area contributed by atoms with Crippen molar-refractivity contribution in [1.29, 1.82) is 0 Å². The van der Waals surface area contributed by atoms with Gasteiger partial charge in [0.1, 0.15) is 11.3 Å². The van der Waals surface area contributed by atoms with Gasteiger partial charge in [-0.25, -0.2) is 4.79 Å². The van der Waals surface area contributed by atoms with Crippen LogP contribution in [0, 0.1) is 5.41 Å². The van der Waals surface area contributed by atoms with Crippen molar-refractivity contribution in [2.24, 2.45) is 5.41 Å². The maximum Gasteiger partial charge on any atom is 0.330 e. The number of carboxylic acids is 1. The number of aliphatic carboxylic acids is 1. The van der Waals surface area contributed by atoms with E-state index in [-0.39, 0.29) is 19.1 Å². The first-order valence-electron chi connectivity index (χ1n) is 9.02. The predicted molar refractivity (Wildman–Crippen MR) is 98.3 cm³/mol. The van der Waals surface area contributed by atoms with E-state index in [0.29, 0.717) is 18.3 Å². The number of carbonyl (C=O) groups is 2. The molecule has 1 amide bonds. The summed E-state index contributed by atoms with van der Waals surface area (Å²) in [5, 5.41) is 12.4. The molecule has 2 unspecified atom stereocenters. The van der Waals surface area contributed by atoms with E-state index >= 15 is 0 Å². The van der Waals surface area contributed by atoms with Crippen molar-refractivity contribution in [3.63, 3.8) is 0 Å². The van der Waals surface area contributed by atoms with Gasteiger partial charge in [-0.05, 0) is 30.5 Å². The molecule has 0 bridgehead atoms. The molecular formula is C20H29NO5. The standard InChI is InChI=1S/C20H29NO5/c1-6-25-16-11-20(18(23)24,19(16,4)5)21-17(22)12-26-15-9-7-8-14(10-15)13(2)3/h7-10,13,16H,6,11-12H2,1-5H3,(H,21,22)(H,23,24). The van der Waals surface area contributed by atoms with Gasteiger partial charge in [0.05, 0.1) is 6.10 Å². The molecule has 1 fully saturated rings. The van der Waals surface area contributed by atoms with E-state index in [0.717, 1.165) is 5.56 Å². The number of rotatable bonds is 8. The molecule has 6 heteroatoms. The quantitative estimate of drug-likeness (QED) is 0.742. The van der Waals surface area contributed by atoms with Gasteiger partial charge >= 0.3 is 5.97 Å². The molecule has 2 rings (SSSR count). The molecule has 1 aliphatic rings. The van der Waals surface area contributed by atoms with Crippen LogP contribution in [-0.4, -0.2) is 41.8 Å². The fourth-order valence-corrected chi connectivity index (χ4v) is 3.42. The Bertz CT molecular complexity index is 670. The van der Waals surface area contributed by atoms with Crippen LogP contribution in [0.25, 0.3) is 0 Å². The first-order chi connectivity index (χ1) is 12.1. The van der Waals surface area contributed by atoms with E-state index in [1.165, 1.54) is 0 Å². The molecule has 0 heterocycles. The van der Waals surface area contributed by atoms with Gasteiger partial charge in [-0.3, -0.25) is 4.79 Å². The topological polar surface area (TPSA) is 84.9 Å². The second-order valence-electron chi connectivity index (χ2n) is 7.64. The highest BCUT2D eigenvalue weighted by Gasteiger charge is 2.66. The lowest BCUT2D eigenvalue weighted by Crippen LogP contribution is -2.76. The maximum absolute atomic E-state index is 12.4. The summed E-state index contributed by atoms with van der Waals surface area (Å²) in [5.74, 6) is -0.552. The predicted octanol–water partition coefficient (Wildman–Crippen LogP) is 2.96. The molecular weight excluding hydrogens is 334 g/mol. The average molecular weight is 363 g/mol. The summed E-state index contributed by atoms with van der Waals surface area (Å²) in [6.07, 6.45) is 0.0464. The zero-order valence-electron chi connectivity index (χ0n) is 16.2. The SMILES string of the molecule is CCOC1CC(NC(=O)COc2cccc(C(C)C)c2)(C(=O)O)C1(C)C. The third kappa shape index (κ3) is 3.70. The number of ether oxygens (including phenoxy) is 2. The van der Waals surface area contributed by atoms with Crippen molar-refractivity contribution < 1.29 is 24.2 Å². The lowest BCUT2D eigenvalue weighted by molar-refractivity contribution is -0.194. The molecule has 1 aromatic rings. The fraction of sp³-hybridized carbons (Fsp3) is 0.600. The van der Waals surface area contributed by atoms with Gasteiger partial charge in [0, 0.05) is 18.4 Å². The van der Waals surface area contributed by atoms with Crippen molar-refractivity contribution >= 4 is 11.9 Å². The van der Waals surface area contributed by atoms with Crippen molar-refractivity contribution in [2.45, 2.75) is 58.6 Å². The molecule has 1 aliphatic carbocycles. The van der Waals surface area contributed by atoms with E-state index in [2.05, 4.69) is 19.2 Å². The zero-order valence-corrected chi connectivity index (χ0v) is 16.2. The third-order valence-corrected chi connectivity index (χ3v) is 5.38. The second-order valence-corrected chi connectivity index (χ2v) is 7.64. The van der Waals surface area contributed by atoms with Crippen LogP contribution in [0.1, 0.15) is 52.5 Å². The highest BCUT2D eigenvalue weighted by Crippen LogP contribution is 2.51. The van der Waals surface area contributed by atoms with Crippen molar-refractivity contribution in [3.8, 4) is 5.75 Å². The number of hydrogen-bond acceptors (Lipinski definition) is 4. The van der Waals surface area contributed by atoms with Crippen LogP contribution in [0.15, 0.2) is 24.3 Å². The first-order valence-corrected chi connectivity index (χ1v) is 9.02. The van der Waals surface area contributed by atoms with Gasteiger partial charge in [0.25, 0.3) is 5.91 Å². The molecule has 0 saturated heterocycles. The van der Waals surface area contributed by atoms with Crippen LogP contribution in [0.5, 0.6) is 5.75 Å². The Balaban J connectivity index is 2.01. The van der Waals surface area contributed by atoms with E-state index in [1.54, 1.807) is 19.9 Å². The second kappa shape index (κ2) is 7.66. The van der Waals surface area contributed by atoms with Crippen LogP contribution < -0.4 is 10.1 Å². The molecule has 0 spiro atoms. The van der Waals surface area contributed by atoms with Crippen molar-refractivity contribution in [2.75, 3.05) is 13.2 Å². The molecule has 26 heavy (non-hydrogen) atoms. The largest absolute Gasteiger partial charge is 0.484 e. The average Bonchev–Trinajstić information content (AvgIpc) is 2.58. The molecule has 2 atom stereocenters. The number of carbonyl (C=O) groups excluding carboxylic acids is 1. The highest BCUT2D eigenvalue weighted by molar-refractivity contribution is 5.90.